The lowest BCUT2D eigenvalue weighted by molar-refractivity contribution is 0.299. The molecule has 1 aliphatic heterocycles. The van der Waals surface area contributed by atoms with E-state index in [0.29, 0.717) is 29.5 Å². The largest absolute Gasteiger partial charge is 0.302 e. The molecule has 2 aliphatic rings. The van der Waals surface area contributed by atoms with Crippen molar-refractivity contribution in [2.75, 3.05) is 19.6 Å². The molecule has 0 bridgehead atoms. The maximum absolute atomic E-state index is 13.4. The highest BCUT2D eigenvalue weighted by atomic mass is 19.1. The number of nitrogens with zero attached hydrogens (tertiary/aromatic N) is 6. The zero-order valence-electron chi connectivity index (χ0n) is 17.5. The van der Waals surface area contributed by atoms with Gasteiger partial charge in [0.05, 0.1) is 0 Å². The molecule has 0 amide bonds. The molecule has 0 N–H and O–H groups in total. The highest BCUT2D eigenvalue weighted by Gasteiger charge is 2.58. The van der Waals surface area contributed by atoms with Gasteiger partial charge in [-0.3, -0.25) is 0 Å². The van der Waals surface area contributed by atoms with Crippen LogP contribution in [0.15, 0.2) is 73.1 Å². The van der Waals surface area contributed by atoms with Crippen molar-refractivity contribution in [3.05, 3.63) is 90.3 Å². The van der Waals surface area contributed by atoms with Crippen molar-refractivity contribution in [3.63, 3.8) is 0 Å². The molecule has 2 fully saturated rings. The van der Waals surface area contributed by atoms with Crippen molar-refractivity contribution >= 4 is 0 Å². The third kappa shape index (κ3) is 3.58. The second-order valence-corrected chi connectivity index (χ2v) is 8.61. The predicted octanol–water partition coefficient (Wildman–Crippen LogP) is 3.75. The van der Waals surface area contributed by atoms with Crippen LogP contribution in [0.5, 0.6) is 0 Å². The molecular weight excluding hydrogens is 403 g/mol. The second-order valence-electron chi connectivity index (χ2n) is 8.61. The van der Waals surface area contributed by atoms with Crippen molar-refractivity contribution in [3.8, 4) is 17.3 Å². The SMILES string of the molecule is Fc1ccc(-c2nc(C3C4CN(CCc5ccccc5)CC43)n(-c3ncccn3)n2)cc1. The first-order valence-electron chi connectivity index (χ1n) is 11.0. The van der Waals surface area contributed by atoms with Crippen LogP contribution in [0.2, 0.25) is 0 Å². The first-order chi connectivity index (χ1) is 15.8. The number of rotatable bonds is 6. The minimum Gasteiger partial charge on any atom is -0.302 e. The highest BCUT2D eigenvalue weighted by Crippen LogP contribution is 2.58. The molecule has 1 saturated heterocycles. The van der Waals surface area contributed by atoms with Crippen LogP contribution in [0.1, 0.15) is 17.3 Å². The maximum Gasteiger partial charge on any atom is 0.252 e. The summed E-state index contributed by atoms with van der Waals surface area (Å²) in [6.07, 6.45) is 4.50. The summed E-state index contributed by atoms with van der Waals surface area (Å²) in [6, 6.07) is 18.7. The Morgan fingerprint density at radius 1 is 0.875 bits per heavy atom. The minimum atomic E-state index is -0.271. The Morgan fingerprint density at radius 2 is 1.59 bits per heavy atom. The first kappa shape index (κ1) is 19.3. The highest BCUT2D eigenvalue weighted by molar-refractivity contribution is 5.55. The molecule has 7 heteroatoms. The van der Waals surface area contributed by atoms with E-state index in [1.54, 1.807) is 35.3 Å². The zero-order chi connectivity index (χ0) is 21.5. The molecular formula is C25H23FN6. The van der Waals surface area contributed by atoms with Gasteiger partial charge in [0.25, 0.3) is 5.95 Å². The van der Waals surface area contributed by atoms with Crippen molar-refractivity contribution in [1.29, 1.82) is 0 Å². The average molecular weight is 426 g/mol. The molecule has 1 aliphatic carbocycles. The summed E-state index contributed by atoms with van der Waals surface area (Å²) in [6.45, 7) is 3.24. The molecule has 2 unspecified atom stereocenters. The van der Waals surface area contributed by atoms with E-state index in [0.717, 1.165) is 37.4 Å². The number of benzene rings is 2. The lowest BCUT2D eigenvalue weighted by Gasteiger charge is -2.19. The van der Waals surface area contributed by atoms with Gasteiger partial charge in [0.15, 0.2) is 5.82 Å². The van der Waals surface area contributed by atoms with Gasteiger partial charge in [-0.15, -0.1) is 5.10 Å². The number of aromatic nitrogens is 5. The number of hydrogen-bond donors (Lipinski definition) is 0. The molecule has 160 valence electrons. The fourth-order valence-electron chi connectivity index (χ4n) is 4.92. The van der Waals surface area contributed by atoms with Crippen LogP contribution in [-0.4, -0.2) is 49.3 Å². The number of hydrogen-bond acceptors (Lipinski definition) is 5. The standard InChI is InChI=1S/C25H23FN6/c26-19-9-7-18(8-10-19)23-29-24(32(30-23)25-27-12-4-13-28-25)22-20-15-31(16-21(20)22)14-11-17-5-2-1-3-6-17/h1-10,12-13,20-22H,11,14-16H2. The summed E-state index contributed by atoms with van der Waals surface area (Å²) in [4.78, 5) is 16.2. The molecule has 2 aromatic carbocycles. The zero-order valence-corrected chi connectivity index (χ0v) is 17.5. The lowest BCUT2D eigenvalue weighted by Crippen LogP contribution is -2.27. The van der Waals surface area contributed by atoms with E-state index in [9.17, 15) is 4.39 Å². The van der Waals surface area contributed by atoms with Gasteiger partial charge in [0.2, 0.25) is 0 Å². The Morgan fingerprint density at radius 3 is 2.31 bits per heavy atom. The summed E-state index contributed by atoms with van der Waals surface area (Å²) in [5, 5.41) is 4.71. The predicted molar refractivity (Wildman–Crippen MR) is 119 cm³/mol. The molecule has 1 saturated carbocycles. The Balaban J connectivity index is 1.22. The summed E-state index contributed by atoms with van der Waals surface area (Å²) < 4.78 is 15.2. The topological polar surface area (TPSA) is 59.7 Å². The Hall–Kier alpha value is -3.45. The Labute approximate surface area is 185 Å². The fourth-order valence-corrected chi connectivity index (χ4v) is 4.92. The van der Waals surface area contributed by atoms with E-state index in [4.69, 9.17) is 10.1 Å². The number of fused-ring (bicyclic) bond motifs is 1. The van der Waals surface area contributed by atoms with Crippen molar-refractivity contribution in [1.82, 2.24) is 29.6 Å². The summed E-state index contributed by atoms with van der Waals surface area (Å²) >= 11 is 0. The van der Waals surface area contributed by atoms with Gasteiger partial charge in [-0.05, 0) is 54.2 Å². The molecule has 0 spiro atoms. The maximum atomic E-state index is 13.4. The molecule has 2 atom stereocenters. The molecule has 4 aromatic rings. The molecule has 3 heterocycles. The molecule has 0 radical (unpaired) electrons. The number of likely N-dealkylation sites (tertiary alicyclic amines) is 1. The van der Waals surface area contributed by atoms with E-state index in [-0.39, 0.29) is 5.82 Å². The molecule has 6 nitrogen and oxygen atoms in total. The Kier molecular flexibility index (Phi) is 4.76. The van der Waals surface area contributed by atoms with Crippen molar-refractivity contribution in [2.45, 2.75) is 12.3 Å². The van der Waals surface area contributed by atoms with Crippen LogP contribution >= 0.6 is 0 Å². The van der Waals surface area contributed by atoms with Gasteiger partial charge in [0, 0.05) is 43.5 Å². The third-order valence-electron chi connectivity index (χ3n) is 6.60. The molecule has 2 aromatic heterocycles. The molecule has 32 heavy (non-hydrogen) atoms. The van der Waals surface area contributed by atoms with Gasteiger partial charge in [0.1, 0.15) is 11.6 Å². The smallest absolute Gasteiger partial charge is 0.252 e. The number of piperidine rings is 1. The van der Waals surface area contributed by atoms with Crippen LogP contribution < -0.4 is 0 Å². The first-order valence-corrected chi connectivity index (χ1v) is 11.0. The monoisotopic (exact) mass is 426 g/mol. The lowest BCUT2D eigenvalue weighted by atomic mass is 10.1. The number of halogens is 1. The van der Waals surface area contributed by atoms with Gasteiger partial charge in [-0.25, -0.2) is 19.3 Å². The molecule has 6 rings (SSSR count). The van der Waals surface area contributed by atoms with Crippen LogP contribution in [0.4, 0.5) is 4.39 Å². The van der Waals surface area contributed by atoms with E-state index >= 15 is 0 Å². The van der Waals surface area contributed by atoms with Crippen LogP contribution in [0, 0.1) is 17.7 Å². The quantitative estimate of drug-likeness (QED) is 0.470. The van der Waals surface area contributed by atoms with E-state index in [1.807, 2.05) is 0 Å². The van der Waals surface area contributed by atoms with E-state index < -0.39 is 0 Å². The van der Waals surface area contributed by atoms with Gasteiger partial charge >= 0.3 is 0 Å². The normalized spacial score (nSPS) is 22.1. The second kappa shape index (κ2) is 7.91. The van der Waals surface area contributed by atoms with Crippen LogP contribution in [0.25, 0.3) is 17.3 Å². The Bertz CT molecular complexity index is 1200. The van der Waals surface area contributed by atoms with E-state index in [1.165, 1.54) is 17.7 Å². The van der Waals surface area contributed by atoms with Gasteiger partial charge < -0.3 is 4.90 Å². The van der Waals surface area contributed by atoms with Crippen molar-refractivity contribution in [2.24, 2.45) is 11.8 Å². The summed E-state index contributed by atoms with van der Waals surface area (Å²) in [5.41, 5.74) is 2.17. The van der Waals surface area contributed by atoms with Crippen LogP contribution in [0.3, 0.4) is 0 Å². The summed E-state index contributed by atoms with van der Waals surface area (Å²) in [7, 11) is 0. The fraction of sp³-hybridized carbons (Fsp3) is 0.280. The third-order valence-corrected chi connectivity index (χ3v) is 6.60. The van der Waals surface area contributed by atoms with Crippen molar-refractivity contribution < 1.29 is 4.39 Å². The average Bonchev–Trinajstić information content (AvgIpc) is 3.17. The van der Waals surface area contributed by atoms with Crippen LogP contribution in [-0.2, 0) is 6.42 Å². The summed E-state index contributed by atoms with van der Waals surface area (Å²) in [5.74, 6) is 3.26. The van der Waals surface area contributed by atoms with E-state index in [2.05, 4.69) is 45.2 Å². The minimum absolute atomic E-state index is 0.271. The van der Waals surface area contributed by atoms with Gasteiger partial charge in [-0.2, -0.15) is 4.68 Å². The van der Waals surface area contributed by atoms with Gasteiger partial charge in [-0.1, -0.05) is 30.3 Å².